The van der Waals surface area contributed by atoms with Crippen LogP contribution in [0.3, 0.4) is 0 Å². The molecule has 2 atom stereocenters. The van der Waals surface area contributed by atoms with Crippen LogP contribution in [-0.4, -0.2) is 22.2 Å². The first-order valence-corrected chi connectivity index (χ1v) is 6.26. The van der Waals surface area contributed by atoms with E-state index in [1.165, 1.54) is 6.08 Å². The van der Waals surface area contributed by atoms with E-state index in [0.29, 0.717) is 6.29 Å². The fourth-order valence-electron chi connectivity index (χ4n) is 2.16. The molecule has 0 spiro atoms. The fourth-order valence-corrected chi connectivity index (χ4v) is 2.41. The summed E-state index contributed by atoms with van der Waals surface area (Å²) in [7, 11) is 0. The van der Waals surface area contributed by atoms with E-state index in [4.69, 9.17) is 11.6 Å². The monoisotopic (exact) mass is 276 g/mol. The smallest absolute Gasteiger partial charge is 0.332 e. The summed E-state index contributed by atoms with van der Waals surface area (Å²) >= 11 is 6.21. The number of alkyl halides is 1. The molecule has 98 valence electrons. The van der Waals surface area contributed by atoms with Crippen LogP contribution >= 0.6 is 11.6 Å². The molecule has 1 aliphatic rings. The van der Waals surface area contributed by atoms with E-state index in [2.05, 4.69) is 0 Å². The highest BCUT2D eigenvalue weighted by Crippen LogP contribution is 2.37. The molecule has 0 fully saturated rings. The molecule has 0 bridgehead atoms. The van der Waals surface area contributed by atoms with Gasteiger partial charge >= 0.3 is 5.97 Å². The van der Waals surface area contributed by atoms with Crippen molar-refractivity contribution >= 4 is 23.9 Å². The van der Waals surface area contributed by atoms with Gasteiger partial charge in [-0.05, 0) is 11.6 Å². The normalized spacial score (nSPS) is 25.7. The molecule has 1 aliphatic carbocycles. The van der Waals surface area contributed by atoms with E-state index >= 15 is 0 Å². The number of benzene rings is 1. The van der Waals surface area contributed by atoms with Crippen molar-refractivity contribution in [3.8, 4) is 0 Å². The number of aliphatic carboxylic acids is 1. The minimum Gasteiger partial charge on any atom is -0.478 e. The van der Waals surface area contributed by atoms with Crippen molar-refractivity contribution in [2.75, 3.05) is 0 Å². The summed E-state index contributed by atoms with van der Waals surface area (Å²) in [5.74, 6) is -1.36. The molecule has 4 heteroatoms. The van der Waals surface area contributed by atoms with Gasteiger partial charge in [-0.25, -0.2) is 4.79 Å². The number of carbonyl (C=O) groups excluding carboxylic acids is 1. The van der Waals surface area contributed by atoms with Gasteiger partial charge in [0.05, 0.1) is 4.87 Å². The molecule has 2 rings (SSSR count). The largest absolute Gasteiger partial charge is 0.478 e. The van der Waals surface area contributed by atoms with E-state index in [1.54, 1.807) is 12.2 Å². The van der Waals surface area contributed by atoms with Gasteiger partial charge < -0.3 is 9.90 Å². The van der Waals surface area contributed by atoms with Crippen molar-refractivity contribution in [3.63, 3.8) is 0 Å². The van der Waals surface area contributed by atoms with E-state index in [-0.39, 0.29) is 17.9 Å². The fraction of sp³-hybridized carbons (Fsp3) is 0.200. The Morgan fingerprint density at radius 3 is 2.63 bits per heavy atom. The summed E-state index contributed by atoms with van der Waals surface area (Å²) < 4.78 is 0. The maximum Gasteiger partial charge on any atom is 0.332 e. The zero-order chi connectivity index (χ0) is 13.9. The van der Waals surface area contributed by atoms with Gasteiger partial charge in [0.1, 0.15) is 6.29 Å². The number of halogens is 1. The highest BCUT2D eigenvalue weighted by Gasteiger charge is 2.31. The third-order valence-electron chi connectivity index (χ3n) is 3.10. The van der Waals surface area contributed by atoms with Gasteiger partial charge in [-0.2, -0.15) is 0 Å². The lowest BCUT2D eigenvalue weighted by Crippen LogP contribution is -2.24. The van der Waals surface area contributed by atoms with Crippen molar-refractivity contribution in [2.45, 2.75) is 17.2 Å². The van der Waals surface area contributed by atoms with E-state index in [0.717, 1.165) is 5.56 Å². The van der Waals surface area contributed by atoms with Crippen LogP contribution in [0.25, 0.3) is 0 Å². The molecule has 1 aromatic rings. The topological polar surface area (TPSA) is 54.4 Å². The Hall–Kier alpha value is -1.87. The average molecular weight is 277 g/mol. The van der Waals surface area contributed by atoms with Crippen LogP contribution in [0.4, 0.5) is 0 Å². The molecule has 0 heterocycles. The number of carboxylic acid groups (broad SMARTS) is 1. The minimum absolute atomic E-state index is 0.0589. The van der Waals surface area contributed by atoms with Crippen molar-refractivity contribution in [1.29, 1.82) is 0 Å². The number of hydrogen-bond acceptors (Lipinski definition) is 2. The molecule has 0 radical (unpaired) electrons. The van der Waals surface area contributed by atoms with E-state index < -0.39 is 10.8 Å². The van der Waals surface area contributed by atoms with Gasteiger partial charge in [0.2, 0.25) is 0 Å². The lowest BCUT2D eigenvalue weighted by Gasteiger charge is -2.26. The first-order chi connectivity index (χ1) is 9.06. The summed E-state index contributed by atoms with van der Waals surface area (Å²) in [5, 5.41) is 9.32. The van der Waals surface area contributed by atoms with Crippen LogP contribution in [0.1, 0.15) is 17.9 Å². The van der Waals surface area contributed by atoms with Crippen LogP contribution in [0.15, 0.2) is 54.1 Å². The lowest BCUT2D eigenvalue weighted by atomic mass is 9.82. The quantitative estimate of drug-likeness (QED) is 0.523. The number of hydrogen-bond donors (Lipinski definition) is 1. The number of rotatable bonds is 4. The summed E-state index contributed by atoms with van der Waals surface area (Å²) in [4.78, 5) is 21.0. The first kappa shape index (κ1) is 13.6. The summed E-state index contributed by atoms with van der Waals surface area (Å²) in [6, 6.07) is 9.32. The Morgan fingerprint density at radius 2 is 2.05 bits per heavy atom. The van der Waals surface area contributed by atoms with Crippen LogP contribution in [0.5, 0.6) is 0 Å². The Bertz CT molecular complexity index is 548. The predicted molar refractivity (Wildman–Crippen MR) is 73.3 cm³/mol. The Kier molecular flexibility index (Phi) is 3.86. The molecular formula is C15H13ClO3. The van der Waals surface area contributed by atoms with Crippen LogP contribution in [0, 0.1) is 0 Å². The molecule has 0 saturated carbocycles. The number of aldehydes is 1. The van der Waals surface area contributed by atoms with Crippen LogP contribution in [0.2, 0.25) is 0 Å². The van der Waals surface area contributed by atoms with E-state index in [1.807, 2.05) is 30.3 Å². The molecule has 1 N–H and O–H groups in total. The molecule has 0 aromatic heterocycles. The molecule has 0 saturated heterocycles. The molecule has 3 nitrogen and oxygen atoms in total. The van der Waals surface area contributed by atoms with Gasteiger partial charge in [-0.15, -0.1) is 11.6 Å². The maximum absolute atomic E-state index is 11.4. The SMILES string of the molecule is O=CCC1(Cl)C=CC(c2ccccc2)C(C(=O)O)=C1. The highest BCUT2D eigenvalue weighted by atomic mass is 35.5. The molecule has 0 aliphatic heterocycles. The molecule has 2 unspecified atom stereocenters. The van der Waals surface area contributed by atoms with Gasteiger partial charge in [-0.3, -0.25) is 0 Å². The second kappa shape index (κ2) is 5.41. The molecule has 0 amide bonds. The Labute approximate surface area is 116 Å². The Balaban J connectivity index is 2.41. The van der Waals surface area contributed by atoms with Crippen molar-refractivity contribution in [3.05, 3.63) is 59.7 Å². The lowest BCUT2D eigenvalue weighted by molar-refractivity contribution is -0.133. The second-order valence-electron chi connectivity index (χ2n) is 4.45. The maximum atomic E-state index is 11.4. The molecule has 19 heavy (non-hydrogen) atoms. The minimum atomic E-state index is -1.03. The summed E-state index contributed by atoms with van der Waals surface area (Å²) in [5.41, 5.74) is 1.09. The van der Waals surface area contributed by atoms with E-state index in [9.17, 15) is 14.7 Å². The van der Waals surface area contributed by atoms with Gasteiger partial charge in [0.25, 0.3) is 0 Å². The van der Waals surface area contributed by atoms with Crippen molar-refractivity contribution in [1.82, 2.24) is 0 Å². The predicted octanol–water partition coefficient (Wildman–Crippen LogP) is 2.92. The summed E-state index contributed by atoms with van der Waals surface area (Å²) in [6.45, 7) is 0. The number of allylic oxidation sites excluding steroid dienone is 3. The number of carboxylic acids is 1. The van der Waals surface area contributed by atoms with Crippen LogP contribution in [-0.2, 0) is 9.59 Å². The Morgan fingerprint density at radius 1 is 1.37 bits per heavy atom. The first-order valence-electron chi connectivity index (χ1n) is 5.88. The molecular weight excluding hydrogens is 264 g/mol. The number of carbonyl (C=O) groups is 2. The third-order valence-corrected chi connectivity index (χ3v) is 3.49. The van der Waals surface area contributed by atoms with Gasteiger partial charge in [0.15, 0.2) is 0 Å². The average Bonchev–Trinajstić information content (AvgIpc) is 2.39. The van der Waals surface area contributed by atoms with Crippen LogP contribution < -0.4 is 0 Å². The third kappa shape index (κ3) is 2.93. The summed E-state index contributed by atoms with van der Waals surface area (Å²) in [6.07, 6.45) is 5.64. The van der Waals surface area contributed by atoms with Gasteiger partial charge in [-0.1, -0.05) is 42.5 Å². The molecule has 1 aromatic carbocycles. The van der Waals surface area contributed by atoms with Crippen molar-refractivity contribution in [2.24, 2.45) is 0 Å². The highest BCUT2D eigenvalue weighted by molar-refractivity contribution is 6.28. The zero-order valence-electron chi connectivity index (χ0n) is 10.1. The standard InChI is InChI=1S/C15H13ClO3/c16-15(8-9-17)7-6-12(13(10-15)14(18)19)11-4-2-1-3-5-11/h1-7,9-10,12H,8H2,(H,18,19). The zero-order valence-corrected chi connectivity index (χ0v) is 10.9. The second-order valence-corrected chi connectivity index (χ2v) is 5.15. The van der Waals surface area contributed by atoms with Crippen molar-refractivity contribution < 1.29 is 14.7 Å². The van der Waals surface area contributed by atoms with Gasteiger partial charge in [0, 0.05) is 17.9 Å².